The monoisotopic (exact) mass is 294 g/mol. The Morgan fingerprint density at radius 1 is 1.40 bits per heavy atom. The van der Waals surface area contributed by atoms with Crippen LogP contribution in [0.4, 0.5) is 0 Å². The molecule has 2 unspecified atom stereocenters. The second-order valence-electron chi connectivity index (χ2n) is 6.03. The summed E-state index contributed by atoms with van der Waals surface area (Å²) < 4.78 is 0. The van der Waals surface area contributed by atoms with Crippen LogP contribution < -0.4 is 5.32 Å². The fourth-order valence-electron chi connectivity index (χ4n) is 3.40. The highest BCUT2D eigenvalue weighted by Crippen LogP contribution is 2.36. The van der Waals surface area contributed by atoms with E-state index in [0.717, 1.165) is 18.1 Å². The predicted molar refractivity (Wildman–Crippen MR) is 87.4 cm³/mol. The molecule has 2 atom stereocenters. The molecule has 3 heteroatoms. The van der Waals surface area contributed by atoms with Crippen molar-refractivity contribution >= 4 is 11.6 Å². The molecule has 0 radical (unpaired) electrons. The van der Waals surface area contributed by atoms with Crippen molar-refractivity contribution < 1.29 is 0 Å². The van der Waals surface area contributed by atoms with Gasteiger partial charge in [0.1, 0.15) is 0 Å². The Labute approximate surface area is 128 Å². The minimum atomic E-state index is 0.519. The van der Waals surface area contributed by atoms with Gasteiger partial charge in [0.2, 0.25) is 0 Å². The standard InChI is InChI=1S/C17H27ClN2/c1-4-9-19-12-14-6-5-10-20(3)17(14)16-8-7-15(18)11-13(16)2/h7-8,11,14,17,19H,4-6,9-10,12H2,1-3H3. The van der Waals surface area contributed by atoms with Gasteiger partial charge < -0.3 is 5.32 Å². The average molecular weight is 295 g/mol. The molecule has 0 saturated carbocycles. The maximum Gasteiger partial charge on any atom is 0.0408 e. The maximum atomic E-state index is 6.11. The second-order valence-corrected chi connectivity index (χ2v) is 6.47. The van der Waals surface area contributed by atoms with Crippen molar-refractivity contribution in [2.75, 3.05) is 26.7 Å². The third-order valence-corrected chi connectivity index (χ3v) is 4.63. The summed E-state index contributed by atoms with van der Waals surface area (Å²) in [7, 11) is 2.25. The molecule has 1 aliphatic rings. The van der Waals surface area contributed by atoms with Gasteiger partial charge in [-0.15, -0.1) is 0 Å². The number of benzene rings is 1. The van der Waals surface area contributed by atoms with E-state index < -0.39 is 0 Å². The van der Waals surface area contributed by atoms with Gasteiger partial charge in [-0.25, -0.2) is 0 Å². The van der Waals surface area contributed by atoms with Gasteiger partial charge in [0, 0.05) is 11.1 Å². The normalized spacial score (nSPS) is 24.0. The third kappa shape index (κ3) is 3.75. The number of hydrogen-bond donors (Lipinski definition) is 1. The smallest absolute Gasteiger partial charge is 0.0408 e. The van der Waals surface area contributed by atoms with E-state index in [1.165, 1.54) is 36.9 Å². The topological polar surface area (TPSA) is 15.3 Å². The first-order valence-corrected chi connectivity index (χ1v) is 8.18. The van der Waals surface area contributed by atoms with E-state index in [9.17, 15) is 0 Å². The first-order chi connectivity index (χ1) is 9.63. The molecule has 2 rings (SSSR count). The highest BCUT2D eigenvalue weighted by atomic mass is 35.5. The Kier molecular flexibility index (Phi) is 5.88. The molecular weight excluding hydrogens is 268 g/mol. The van der Waals surface area contributed by atoms with E-state index in [4.69, 9.17) is 11.6 Å². The maximum absolute atomic E-state index is 6.11. The van der Waals surface area contributed by atoms with Crippen molar-refractivity contribution in [3.63, 3.8) is 0 Å². The zero-order valence-corrected chi connectivity index (χ0v) is 13.7. The van der Waals surface area contributed by atoms with Crippen LogP contribution in [0.5, 0.6) is 0 Å². The first kappa shape index (κ1) is 15.8. The molecule has 0 aromatic heterocycles. The van der Waals surface area contributed by atoms with Crippen LogP contribution in [-0.4, -0.2) is 31.6 Å². The van der Waals surface area contributed by atoms with Crippen LogP contribution in [0.3, 0.4) is 0 Å². The molecule has 1 saturated heterocycles. The van der Waals surface area contributed by atoms with E-state index in [2.05, 4.69) is 43.2 Å². The summed E-state index contributed by atoms with van der Waals surface area (Å²) in [5.41, 5.74) is 2.76. The van der Waals surface area contributed by atoms with Crippen molar-refractivity contribution in [3.05, 3.63) is 34.3 Å². The van der Waals surface area contributed by atoms with Crippen molar-refractivity contribution in [2.24, 2.45) is 5.92 Å². The highest BCUT2D eigenvalue weighted by molar-refractivity contribution is 6.30. The van der Waals surface area contributed by atoms with Crippen LogP contribution in [0.1, 0.15) is 43.4 Å². The molecule has 0 spiro atoms. The third-order valence-electron chi connectivity index (χ3n) is 4.39. The van der Waals surface area contributed by atoms with Gasteiger partial charge in [-0.2, -0.15) is 0 Å². The van der Waals surface area contributed by atoms with Gasteiger partial charge in [-0.3, -0.25) is 4.90 Å². The molecule has 1 aliphatic heterocycles. The van der Waals surface area contributed by atoms with Gasteiger partial charge >= 0.3 is 0 Å². The van der Waals surface area contributed by atoms with Crippen molar-refractivity contribution in [2.45, 2.75) is 39.2 Å². The molecule has 1 aromatic carbocycles. The van der Waals surface area contributed by atoms with E-state index in [1.54, 1.807) is 0 Å². The van der Waals surface area contributed by atoms with Crippen LogP contribution in [0.25, 0.3) is 0 Å². The van der Waals surface area contributed by atoms with Gasteiger partial charge in [0.25, 0.3) is 0 Å². The Morgan fingerprint density at radius 3 is 2.90 bits per heavy atom. The van der Waals surface area contributed by atoms with Gasteiger partial charge in [-0.1, -0.05) is 24.6 Å². The molecule has 1 fully saturated rings. The lowest BCUT2D eigenvalue weighted by Crippen LogP contribution is -2.41. The summed E-state index contributed by atoms with van der Waals surface area (Å²) in [6, 6.07) is 6.86. The number of rotatable bonds is 5. The van der Waals surface area contributed by atoms with E-state index >= 15 is 0 Å². The summed E-state index contributed by atoms with van der Waals surface area (Å²) in [4.78, 5) is 2.51. The highest BCUT2D eigenvalue weighted by Gasteiger charge is 2.30. The summed E-state index contributed by atoms with van der Waals surface area (Å²) >= 11 is 6.11. The minimum Gasteiger partial charge on any atom is -0.316 e. The average Bonchev–Trinajstić information content (AvgIpc) is 2.41. The number of nitrogens with zero attached hydrogens (tertiary/aromatic N) is 1. The molecule has 0 aliphatic carbocycles. The molecule has 1 aromatic rings. The SMILES string of the molecule is CCCNCC1CCCN(C)C1c1ccc(Cl)cc1C. The molecule has 112 valence electrons. The molecule has 1 heterocycles. The number of halogens is 1. The van der Waals surface area contributed by atoms with Crippen LogP contribution in [0.15, 0.2) is 18.2 Å². The molecule has 2 nitrogen and oxygen atoms in total. The second kappa shape index (κ2) is 7.44. The fraction of sp³-hybridized carbons (Fsp3) is 0.647. The van der Waals surface area contributed by atoms with E-state index in [1.807, 2.05) is 6.07 Å². The molecule has 0 bridgehead atoms. The number of nitrogens with one attached hydrogen (secondary N) is 1. The van der Waals surface area contributed by atoms with Crippen molar-refractivity contribution in [3.8, 4) is 0 Å². The summed E-state index contributed by atoms with van der Waals surface area (Å²) in [6.45, 7) is 7.83. The van der Waals surface area contributed by atoms with E-state index in [-0.39, 0.29) is 0 Å². The number of hydrogen-bond acceptors (Lipinski definition) is 2. The Balaban J connectivity index is 2.18. The molecule has 20 heavy (non-hydrogen) atoms. The zero-order valence-electron chi connectivity index (χ0n) is 13.0. The van der Waals surface area contributed by atoms with Crippen LogP contribution in [-0.2, 0) is 0 Å². The predicted octanol–water partition coefficient (Wildman–Crippen LogP) is 4.03. The lowest BCUT2D eigenvalue weighted by molar-refractivity contribution is 0.119. The number of likely N-dealkylation sites (tertiary alicyclic amines) is 1. The molecule has 1 N–H and O–H groups in total. The van der Waals surface area contributed by atoms with Crippen molar-refractivity contribution in [1.82, 2.24) is 10.2 Å². The van der Waals surface area contributed by atoms with Gasteiger partial charge in [0.05, 0.1) is 0 Å². The Hall–Kier alpha value is -0.570. The van der Waals surface area contributed by atoms with Crippen LogP contribution in [0.2, 0.25) is 5.02 Å². The number of aryl methyl sites for hydroxylation is 1. The zero-order chi connectivity index (χ0) is 14.5. The summed E-state index contributed by atoms with van der Waals surface area (Å²) in [5.74, 6) is 0.695. The lowest BCUT2D eigenvalue weighted by Gasteiger charge is -2.40. The largest absolute Gasteiger partial charge is 0.316 e. The van der Waals surface area contributed by atoms with Crippen molar-refractivity contribution in [1.29, 1.82) is 0 Å². The number of piperidine rings is 1. The summed E-state index contributed by atoms with van der Waals surface area (Å²) in [5, 5.41) is 4.44. The minimum absolute atomic E-state index is 0.519. The fourth-order valence-corrected chi connectivity index (χ4v) is 3.63. The molecular formula is C17H27ClN2. The van der Waals surface area contributed by atoms with Crippen LogP contribution in [0, 0.1) is 12.8 Å². The Morgan fingerprint density at radius 2 is 2.20 bits per heavy atom. The Bertz CT molecular complexity index is 433. The van der Waals surface area contributed by atoms with E-state index in [0.29, 0.717) is 12.0 Å². The first-order valence-electron chi connectivity index (χ1n) is 7.80. The van der Waals surface area contributed by atoms with Gasteiger partial charge in [-0.05, 0) is 82.0 Å². The molecule has 0 amide bonds. The lowest BCUT2D eigenvalue weighted by atomic mass is 9.83. The quantitative estimate of drug-likeness (QED) is 0.825. The summed E-state index contributed by atoms with van der Waals surface area (Å²) in [6.07, 6.45) is 3.82. The van der Waals surface area contributed by atoms with Crippen LogP contribution >= 0.6 is 11.6 Å². The van der Waals surface area contributed by atoms with Gasteiger partial charge in [0.15, 0.2) is 0 Å².